The number of benzene rings is 2. The minimum atomic E-state index is -4.64. The van der Waals surface area contributed by atoms with E-state index in [4.69, 9.17) is 17.3 Å². The maximum Gasteiger partial charge on any atom is 0.405 e. The van der Waals surface area contributed by atoms with Crippen molar-refractivity contribution in [2.24, 2.45) is 0 Å². The Hall–Kier alpha value is -3.84. The highest BCUT2D eigenvalue weighted by Gasteiger charge is 2.29. The molecule has 184 valence electrons. The summed E-state index contributed by atoms with van der Waals surface area (Å²) in [5, 5.41) is 14.0. The van der Waals surface area contributed by atoms with E-state index in [2.05, 4.69) is 15.3 Å². The van der Waals surface area contributed by atoms with Gasteiger partial charge < -0.3 is 21.5 Å². The molecule has 0 saturated heterocycles. The van der Waals surface area contributed by atoms with E-state index in [-0.39, 0.29) is 27.5 Å². The lowest BCUT2D eigenvalue weighted by molar-refractivity contribution is -0.124. The molecule has 0 unspecified atom stereocenters. The summed E-state index contributed by atoms with van der Waals surface area (Å²) >= 11 is 6.22. The SMILES string of the molecule is Nc1ncc(-c2ccc(NC(=O)[C@H](O)c3cc(F)cc(F)c3)cc2Cl)nc1C(=O)NCC(F)(F)F. The molecule has 0 radical (unpaired) electrons. The predicted octanol–water partition coefficient (Wildman–Crippen LogP) is 3.62. The van der Waals surface area contributed by atoms with Crippen LogP contribution in [0.15, 0.2) is 42.6 Å². The van der Waals surface area contributed by atoms with Gasteiger partial charge in [-0.2, -0.15) is 13.2 Å². The highest BCUT2D eigenvalue weighted by molar-refractivity contribution is 6.33. The van der Waals surface area contributed by atoms with Gasteiger partial charge in [-0.25, -0.2) is 18.7 Å². The van der Waals surface area contributed by atoms with Crippen molar-refractivity contribution in [3.63, 3.8) is 0 Å². The molecule has 1 heterocycles. The van der Waals surface area contributed by atoms with Gasteiger partial charge >= 0.3 is 6.18 Å². The van der Waals surface area contributed by atoms with Crippen LogP contribution in [0.4, 0.5) is 33.5 Å². The number of hydrogen-bond acceptors (Lipinski definition) is 6. The van der Waals surface area contributed by atoms with Gasteiger partial charge in [0.25, 0.3) is 11.8 Å². The van der Waals surface area contributed by atoms with Crippen molar-refractivity contribution >= 4 is 34.9 Å². The Kier molecular flexibility index (Phi) is 7.51. The first-order chi connectivity index (χ1) is 16.3. The summed E-state index contributed by atoms with van der Waals surface area (Å²) in [4.78, 5) is 32.0. The Bertz CT molecular complexity index is 1270. The Balaban J connectivity index is 1.79. The van der Waals surface area contributed by atoms with Crippen molar-refractivity contribution in [1.29, 1.82) is 0 Å². The van der Waals surface area contributed by atoms with E-state index in [1.54, 1.807) is 5.32 Å². The number of amides is 2. The third-order valence-electron chi connectivity index (χ3n) is 4.43. The van der Waals surface area contributed by atoms with Gasteiger partial charge in [0.05, 0.1) is 16.9 Å². The number of nitrogens with one attached hydrogen (secondary N) is 2. The zero-order valence-corrected chi connectivity index (χ0v) is 18.1. The molecule has 8 nitrogen and oxygen atoms in total. The van der Waals surface area contributed by atoms with Crippen LogP contribution in [0.2, 0.25) is 5.02 Å². The van der Waals surface area contributed by atoms with Crippen LogP contribution < -0.4 is 16.4 Å². The summed E-state index contributed by atoms with van der Waals surface area (Å²) in [5.74, 6) is -4.56. The van der Waals surface area contributed by atoms with Crippen molar-refractivity contribution in [3.05, 3.63) is 70.5 Å². The average Bonchev–Trinajstić information content (AvgIpc) is 2.76. The molecule has 0 aliphatic rings. The zero-order chi connectivity index (χ0) is 25.9. The molecule has 0 bridgehead atoms. The molecule has 2 aromatic carbocycles. The van der Waals surface area contributed by atoms with Gasteiger partial charge in [0.1, 0.15) is 18.2 Å². The number of anilines is 2. The van der Waals surface area contributed by atoms with E-state index in [1.165, 1.54) is 18.2 Å². The van der Waals surface area contributed by atoms with Crippen LogP contribution in [-0.4, -0.2) is 39.6 Å². The first-order valence-electron chi connectivity index (χ1n) is 9.56. The summed E-state index contributed by atoms with van der Waals surface area (Å²) in [7, 11) is 0. The molecule has 3 aromatic rings. The van der Waals surface area contributed by atoms with Crippen LogP contribution in [0, 0.1) is 11.6 Å². The third kappa shape index (κ3) is 6.61. The number of nitrogens with two attached hydrogens (primary N) is 1. The van der Waals surface area contributed by atoms with E-state index < -0.39 is 53.8 Å². The number of hydrogen-bond donors (Lipinski definition) is 4. The zero-order valence-electron chi connectivity index (χ0n) is 17.3. The minimum absolute atomic E-state index is 0.00509. The van der Waals surface area contributed by atoms with Crippen molar-refractivity contribution in [3.8, 4) is 11.3 Å². The normalized spacial score (nSPS) is 12.2. The third-order valence-corrected chi connectivity index (χ3v) is 4.74. The van der Waals surface area contributed by atoms with Crippen LogP contribution in [0.1, 0.15) is 22.2 Å². The highest BCUT2D eigenvalue weighted by Crippen LogP contribution is 2.30. The van der Waals surface area contributed by atoms with E-state index in [1.807, 2.05) is 0 Å². The molecule has 2 amide bonds. The fraction of sp³-hybridized carbons (Fsp3) is 0.143. The van der Waals surface area contributed by atoms with Gasteiger partial charge in [0, 0.05) is 17.3 Å². The number of carbonyl (C=O) groups is 2. The number of rotatable bonds is 6. The van der Waals surface area contributed by atoms with E-state index in [9.17, 15) is 36.6 Å². The predicted molar refractivity (Wildman–Crippen MR) is 115 cm³/mol. The Labute approximate surface area is 198 Å². The van der Waals surface area contributed by atoms with E-state index in [0.29, 0.717) is 6.07 Å². The van der Waals surface area contributed by atoms with Gasteiger partial charge in [-0.05, 0) is 35.9 Å². The minimum Gasteiger partial charge on any atom is -0.382 e. The summed E-state index contributed by atoms with van der Waals surface area (Å²) in [6.45, 7) is -1.60. The van der Waals surface area contributed by atoms with Gasteiger partial charge in [-0.3, -0.25) is 9.59 Å². The van der Waals surface area contributed by atoms with Gasteiger partial charge in [0.2, 0.25) is 0 Å². The smallest absolute Gasteiger partial charge is 0.382 e. The number of aliphatic hydroxyl groups excluding tert-OH is 1. The summed E-state index contributed by atoms with van der Waals surface area (Å²) in [6, 6.07) is 6.10. The molecule has 35 heavy (non-hydrogen) atoms. The Morgan fingerprint density at radius 2 is 1.77 bits per heavy atom. The molecule has 0 aliphatic heterocycles. The summed E-state index contributed by atoms with van der Waals surface area (Å²) in [5.41, 5.74) is 4.97. The molecule has 1 atom stereocenters. The van der Waals surface area contributed by atoms with Crippen LogP contribution in [0.25, 0.3) is 11.3 Å². The largest absolute Gasteiger partial charge is 0.405 e. The molecule has 1 aromatic heterocycles. The fourth-order valence-electron chi connectivity index (χ4n) is 2.86. The molecule has 14 heteroatoms. The highest BCUT2D eigenvalue weighted by atomic mass is 35.5. The molecular formula is C21H15ClF5N5O3. The van der Waals surface area contributed by atoms with Gasteiger partial charge in [-0.15, -0.1) is 0 Å². The number of halogens is 6. The molecule has 0 saturated carbocycles. The quantitative estimate of drug-likeness (QED) is 0.371. The first kappa shape index (κ1) is 25.8. The van der Waals surface area contributed by atoms with Gasteiger partial charge in [0.15, 0.2) is 17.6 Å². The number of aliphatic hydroxyl groups is 1. The van der Waals surface area contributed by atoms with Crippen molar-refractivity contribution in [2.75, 3.05) is 17.6 Å². The average molecular weight is 516 g/mol. The topological polar surface area (TPSA) is 130 Å². The number of carbonyl (C=O) groups excluding carboxylic acids is 2. The maximum absolute atomic E-state index is 13.3. The second-order valence-corrected chi connectivity index (χ2v) is 7.48. The van der Waals surface area contributed by atoms with E-state index >= 15 is 0 Å². The maximum atomic E-state index is 13.3. The standard InChI is InChI=1S/C21H15ClF5N5O3/c22-14-6-12(31-20(35)17(33)9-3-10(23)5-11(24)4-9)1-2-13(14)15-7-29-18(28)16(32-15)19(34)30-8-21(25,26)27/h1-7,17,33H,8H2,(H2,28,29)(H,30,34)(H,31,35)/t17-/m1/s1. The van der Waals surface area contributed by atoms with Crippen LogP contribution in [0.3, 0.4) is 0 Å². The molecular weight excluding hydrogens is 501 g/mol. The lowest BCUT2D eigenvalue weighted by Gasteiger charge is -2.14. The first-order valence-corrected chi connectivity index (χ1v) is 9.94. The second-order valence-electron chi connectivity index (χ2n) is 7.08. The van der Waals surface area contributed by atoms with Gasteiger partial charge in [-0.1, -0.05) is 11.6 Å². The summed E-state index contributed by atoms with van der Waals surface area (Å²) in [6.07, 6.45) is -5.40. The second kappa shape index (κ2) is 10.2. The number of aromatic nitrogens is 2. The lowest BCUT2D eigenvalue weighted by Crippen LogP contribution is -2.34. The van der Waals surface area contributed by atoms with E-state index in [0.717, 1.165) is 18.3 Å². The molecule has 0 aliphatic carbocycles. The molecule has 5 N–H and O–H groups in total. The molecule has 0 fully saturated rings. The fourth-order valence-corrected chi connectivity index (χ4v) is 3.13. The molecule has 0 spiro atoms. The summed E-state index contributed by atoms with van der Waals surface area (Å²) < 4.78 is 63.8. The monoisotopic (exact) mass is 515 g/mol. The van der Waals surface area contributed by atoms with Crippen LogP contribution in [-0.2, 0) is 4.79 Å². The van der Waals surface area contributed by atoms with Crippen molar-refractivity contribution in [2.45, 2.75) is 12.3 Å². The number of nitrogen functional groups attached to an aromatic ring is 1. The number of alkyl halides is 3. The Morgan fingerprint density at radius 1 is 1.11 bits per heavy atom. The Morgan fingerprint density at radius 3 is 2.37 bits per heavy atom. The van der Waals surface area contributed by atoms with Crippen LogP contribution >= 0.6 is 11.6 Å². The lowest BCUT2D eigenvalue weighted by atomic mass is 10.1. The van der Waals surface area contributed by atoms with Crippen molar-refractivity contribution in [1.82, 2.24) is 15.3 Å². The molecule has 3 rings (SSSR count). The number of nitrogens with zero attached hydrogens (tertiary/aromatic N) is 2. The van der Waals surface area contributed by atoms with Crippen LogP contribution in [0.5, 0.6) is 0 Å². The van der Waals surface area contributed by atoms with Crippen molar-refractivity contribution < 1.29 is 36.6 Å².